The van der Waals surface area contributed by atoms with Gasteiger partial charge in [0.1, 0.15) is 10.7 Å². The minimum absolute atomic E-state index is 0.0818. The van der Waals surface area contributed by atoms with Crippen LogP contribution in [0, 0.1) is 6.92 Å². The Kier molecular flexibility index (Phi) is 3.80. The Labute approximate surface area is 119 Å². The summed E-state index contributed by atoms with van der Waals surface area (Å²) >= 11 is 5.80. The highest BCUT2D eigenvalue weighted by atomic mass is 35.5. The molecular formula is C11H10ClN3O4S. The molecule has 0 fully saturated rings. The van der Waals surface area contributed by atoms with E-state index in [0.29, 0.717) is 11.4 Å². The summed E-state index contributed by atoms with van der Waals surface area (Å²) in [7, 11) is -3.90. The van der Waals surface area contributed by atoms with Crippen LogP contribution in [-0.4, -0.2) is 19.5 Å². The number of aromatic nitrogens is 1. The number of nitrogens with two attached hydrogens (primary N) is 1. The third kappa shape index (κ3) is 3.16. The summed E-state index contributed by atoms with van der Waals surface area (Å²) in [6.07, 6.45) is 0. The number of sulfonamides is 1. The molecule has 3 N–H and O–H groups in total. The maximum absolute atomic E-state index is 11.8. The summed E-state index contributed by atoms with van der Waals surface area (Å²) in [4.78, 5) is 11.6. The third-order valence-electron chi connectivity index (χ3n) is 2.36. The van der Waals surface area contributed by atoms with Crippen molar-refractivity contribution in [3.05, 3.63) is 40.7 Å². The molecule has 0 aliphatic rings. The highest BCUT2D eigenvalue weighted by Crippen LogP contribution is 2.24. The van der Waals surface area contributed by atoms with Crippen molar-refractivity contribution in [1.82, 2.24) is 5.16 Å². The molecular weight excluding hydrogens is 306 g/mol. The Morgan fingerprint density at radius 3 is 2.60 bits per heavy atom. The number of aryl methyl sites for hydroxylation is 1. The van der Waals surface area contributed by atoms with Crippen LogP contribution in [-0.2, 0) is 10.0 Å². The maximum Gasteiger partial charge on any atom is 0.277 e. The molecule has 0 saturated heterocycles. The van der Waals surface area contributed by atoms with Gasteiger partial charge in [-0.15, -0.1) is 0 Å². The van der Waals surface area contributed by atoms with Crippen molar-refractivity contribution in [2.24, 2.45) is 5.14 Å². The molecule has 0 atom stereocenters. The van der Waals surface area contributed by atoms with Crippen LogP contribution in [0.3, 0.4) is 0 Å². The lowest BCUT2D eigenvalue weighted by Gasteiger charge is -2.06. The first kappa shape index (κ1) is 14.5. The molecule has 7 nitrogen and oxygen atoms in total. The van der Waals surface area contributed by atoms with E-state index >= 15 is 0 Å². The van der Waals surface area contributed by atoms with Crippen LogP contribution in [0.15, 0.2) is 33.7 Å². The Balaban J connectivity index is 2.23. The summed E-state index contributed by atoms with van der Waals surface area (Å²) in [5.74, 6) is -0.000900. The quantitative estimate of drug-likeness (QED) is 0.891. The Hall–Kier alpha value is -1.90. The van der Waals surface area contributed by atoms with Crippen molar-refractivity contribution >= 4 is 33.2 Å². The molecule has 0 spiro atoms. The fourth-order valence-corrected chi connectivity index (χ4v) is 2.57. The van der Waals surface area contributed by atoms with E-state index in [0.717, 1.165) is 0 Å². The van der Waals surface area contributed by atoms with Crippen LogP contribution >= 0.6 is 11.6 Å². The molecule has 1 heterocycles. The zero-order chi connectivity index (χ0) is 14.9. The largest absolute Gasteiger partial charge is 0.361 e. The van der Waals surface area contributed by atoms with Crippen molar-refractivity contribution < 1.29 is 17.7 Å². The van der Waals surface area contributed by atoms with Gasteiger partial charge in [-0.25, -0.2) is 13.6 Å². The smallest absolute Gasteiger partial charge is 0.277 e. The number of primary sulfonamides is 1. The number of carbonyl (C=O) groups excluding carboxylic acids is 1. The molecule has 9 heteroatoms. The molecule has 0 aliphatic carbocycles. The van der Waals surface area contributed by atoms with Gasteiger partial charge in [0, 0.05) is 11.8 Å². The summed E-state index contributed by atoms with van der Waals surface area (Å²) in [6, 6.07) is 5.33. The fraction of sp³-hybridized carbons (Fsp3) is 0.0909. The number of nitrogens with zero attached hydrogens (tertiary/aromatic N) is 1. The van der Waals surface area contributed by atoms with E-state index in [9.17, 15) is 13.2 Å². The fourth-order valence-electron chi connectivity index (χ4n) is 1.48. The van der Waals surface area contributed by atoms with Gasteiger partial charge in [-0.1, -0.05) is 16.8 Å². The highest BCUT2D eigenvalue weighted by molar-refractivity contribution is 7.89. The molecule has 1 amide bonds. The van der Waals surface area contributed by atoms with Crippen LogP contribution in [0.4, 0.5) is 5.69 Å². The second-order valence-electron chi connectivity index (χ2n) is 3.97. The number of benzene rings is 1. The number of amides is 1. The van der Waals surface area contributed by atoms with Crippen molar-refractivity contribution in [3.8, 4) is 0 Å². The molecule has 0 bridgehead atoms. The van der Waals surface area contributed by atoms with Gasteiger partial charge in [-0.3, -0.25) is 4.79 Å². The van der Waals surface area contributed by atoms with E-state index in [4.69, 9.17) is 21.3 Å². The summed E-state index contributed by atoms with van der Waals surface area (Å²) in [6.45, 7) is 1.65. The zero-order valence-electron chi connectivity index (χ0n) is 10.3. The number of carbonyl (C=O) groups is 1. The van der Waals surface area contributed by atoms with Crippen LogP contribution in [0.25, 0.3) is 0 Å². The number of halogens is 1. The zero-order valence-corrected chi connectivity index (χ0v) is 11.8. The second-order valence-corrected chi connectivity index (χ2v) is 5.90. The first-order valence-electron chi connectivity index (χ1n) is 5.34. The lowest BCUT2D eigenvalue weighted by molar-refractivity contribution is 0.101. The Morgan fingerprint density at radius 2 is 2.10 bits per heavy atom. The standard InChI is InChI=1S/C11H10ClN3O4S/c1-6-4-9(15-19-6)11(16)14-7-2-3-10(8(12)5-7)20(13,17)18/h2-5H,1H3,(H,14,16)(H2,13,17,18). The number of rotatable bonds is 3. The van der Waals surface area contributed by atoms with Crippen molar-refractivity contribution in [3.63, 3.8) is 0 Å². The van der Waals surface area contributed by atoms with E-state index in [1.54, 1.807) is 6.92 Å². The lowest BCUT2D eigenvalue weighted by atomic mass is 10.3. The topological polar surface area (TPSA) is 115 Å². The molecule has 106 valence electrons. The van der Waals surface area contributed by atoms with Crippen LogP contribution in [0.2, 0.25) is 5.02 Å². The lowest BCUT2D eigenvalue weighted by Crippen LogP contribution is -2.14. The number of hydrogen-bond acceptors (Lipinski definition) is 5. The number of anilines is 1. The van der Waals surface area contributed by atoms with Gasteiger partial charge in [0.05, 0.1) is 5.02 Å². The molecule has 2 rings (SSSR count). The monoisotopic (exact) mass is 315 g/mol. The molecule has 0 radical (unpaired) electrons. The van der Waals surface area contributed by atoms with Gasteiger partial charge in [0.2, 0.25) is 10.0 Å². The van der Waals surface area contributed by atoms with Gasteiger partial charge in [-0.2, -0.15) is 0 Å². The minimum Gasteiger partial charge on any atom is -0.361 e. The van der Waals surface area contributed by atoms with Gasteiger partial charge in [0.15, 0.2) is 5.69 Å². The van der Waals surface area contributed by atoms with Gasteiger partial charge < -0.3 is 9.84 Å². The minimum atomic E-state index is -3.90. The number of hydrogen-bond donors (Lipinski definition) is 2. The molecule has 0 saturated carbocycles. The van der Waals surface area contributed by atoms with E-state index in [1.165, 1.54) is 24.3 Å². The summed E-state index contributed by atoms with van der Waals surface area (Å²) in [5, 5.41) is 11.0. The van der Waals surface area contributed by atoms with Crippen molar-refractivity contribution in [2.75, 3.05) is 5.32 Å². The van der Waals surface area contributed by atoms with Gasteiger partial charge >= 0.3 is 0 Å². The van der Waals surface area contributed by atoms with Gasteiger partial charge in [0.25, 0.3) is 5.91 Å². The normalized spacial score (nSPS) is 11.3. The predicted molar refractivity (Wildman–Crippen MR) is 72.0 cm³/mol. The summed E-state index contributed by atoms with van der Waals surface area (Å²) in [5.41, 5.74) is 0.419. The van der Waals surface area contributed by atoms with E-state index < -0.39 is 15.9 Å². The average Bonchev–Trinajstić information content (AvgIpc) is 2.74. The Bertz CT molecular complexity index is 770. The first-order chi connectivity index (χ1) is 9.27. The van der Waals surface area contributed by atoms with E-state index in [2.05, 4.69) is 10.5 Å². The highest BCUT2D eigenvalue weighted by Gasteiger charge is 2.15. The average molecular weight is 316 g/mol. The second kappa shape index (κ2) is 5.23. The SMILES string of the molecule is Cc1cc(C(=O)Nc2ccc(S(N)(=O)=O)c(Cl)c2)no1. The van der Waals surface area contributed by atoms with Crippen molar-refractivity contribution in [1.29, 1.82) is 0 Å². The summed E-state index contributed by atoms with van der Waals surface area (Å²) < 4.78 is 27.2. The maximum atomic E-state index is 11.8. The molecule has 20 heavy (non-hydrogen) atoms. The molecule has 0 unspecified atom stereocenters. The molecule has 2 aromatic rings. The molecule has 1 aromatic carbocycles. The van der Waals surface area contributed by atoms with Crippen LogP contribution in [0.5, 0.6) is 0 Å². The Morgan fingerprint density at radius 1 is 1.40 bits per heavy atom. The van der Waals surface area contributed by atoms with Crippen LogP contribution < -0.4 is 10.5 Å². The first-order valence-corrected chi connectivity index (χ1v) is 7.27. The van der Waals surface area contributed by atoms with Crippen LogP contribution in [0.1, 0.15) is 16.2 Å². The predicted octanol–water partition coefficient (Wildman–Crippen LogP) is 1.54. The number of nitrogens with one attached hydrogen (secondary N) is 1. The van der Waals surface area contributed by atoms with E-state index in [1.807, 2.05) is 0 Å². The van der Waals surface area contributed by atoms with E-state index in [-0.39, 0.29) is 15.6 Å². The van der Waals surface area contributed by atoms with Gasteiger partial charge in [-0.05, 0) is 25.1 Å². The third-order valence-corrected chi connectivity index (χ3v) is 3.75. The molecule has 1 aromatic heterocycles. The molecule has 0 aliphatic heterocycles. The van der Waals surface area contributed by atoms with Crippen molar-refractivity contribution in [2.45, 2.75) is 11.8 Å².